The summed E-state index contributed by atoms with van der Waals surface area (Å²) in [5.41, 5.74) is 0.190. The molecule has 1 heterocycles. The van der Waals surface area contributed by atoms with Gasteiger partial charge in [0.05, 0.1) is 0 Å². The predicted octanol–water partition coefficient (Wildman–Crippen LogP) is 1.62. The van der Waals surface area contributed by atoms with Gasteiger partial charge in [-0.25, -0.2) is 5.14 Å². The summed E-state index contributed by atoms with van der Waals surface area (Å²) >= 11 is 0. The van der Waals surface area contributed by atoms with Gasteiger partial charge >= 0.3 is 0 Å². The third-order valence-corrected chi connectivity index (χ3v) is 6.48. The van der Waals surface area contributed by atoms with Crippen LogP contribution in [0.4, 0.5) is 0 Å². The maximum absolute atomic E-state index is 12.6. The van der Waals surface area contributed by atoms with E-state index in [4.69, 9.17) is 5.14 Å². The summed E-state index contributed by atoms with van der Waals surface area (Å²) in [5, 5.41) is 8.41. The number of hydrogen-bond acceptors (Lipinski definition) is 3. The maximum Gasteiger partial charge on any atom is 0.276 e. The Balaban J connectivity index is 1.91. The summed E-state index contributed by atoms with van der Waals surface area (Å²) in [7, 11) is -3.63. The lowest BCUT2D eigenvalue weighted by atomic mass is 9.69. The van der Waals surface area contributed by atoms with Crippen molar-refractivity contribution in [3.8, 4) is 0 Å². The number of piperidine rings is 1. The smallest absolute Gasteiger partial charge is 0.276 e. The molecule has 1 saturated heterocycles. The lowest BCUT2D eigenvalue weighted by Gasteiger charge is -2.41. The SMILES string of the molecule is CC(C)(C)[C@@H]1CCCC[C@H]1NC(=O)C1CCN(S(N)(=O)=O)CC1. The van der Waals surface area contributed by atoms with Crippen LogP contribution in [0.3, 0.4) is 0 Å². The fourth-order valence-corrected chi connectivity index (χ4v) is 4.73. The van der Waals surface area contributed by atoms with Crippen LogP contribution < -0.4 is 10.5 Å². The number of hydrogen-bond donors (Lipinski definition) is 2. The van der Waals surface area contributed by atoms with Gasteiger partial charge in [-0.15, -0.1) is 0 Å². The molecule has 23 heavy (non-hydrogen) atoms. The van der Waals surface area contributed by atoms with E-state index in [2.05, 4.69) is 26.1 Å². The molecule has 1 saturated carbocycles. The summed E-state index contributed by atoms with van der Waals surface area (Å²) in [6, 6.07) is 0.243. The minimum atomic E-state index is -3.63. The van der Waals surface area contributed by atoms with Gasteiger partial charge in [-0.3, -0.25) is 4.79 Å². The molecule has 0 bridgehead atoms. The van der Waals surface area contributed by atoms with Gasteiger partial charge in [0.1, 0.15) is 0 Å². The molecule has 0 aromatic heterocycles. The first-order chi connectivity index (χ1) is 10.6. The third kappa shape index (κ3) is 4.90. The molecular formula is C16H31N3O3S. The zero-order valence-corrected chi connectivity index (χ0v) is 15.4. The molecule has 0 unspecified atom stereocenters. The molecule has 0 aromatic rings. The Kier molecular flexibility index (Phi) is 5.74. The Labute approximate surface area is 140 Å². The van der Waals surface area contributed by atoms with Crippen molar-refractivity contribution in [2.75, 3.05) is 13.1 Å². The van der Waals surface area contributed by atoms with Crippen molar-refractivity contribution in [3.63, 3.8) is 0 Å². The summed E-state index contributed by atoms with van der Waals surface area (Å²) in [5.74, 6) is 0.487. The number of carbonyl (C=O) groups is 1. The zero-order chi connectivity index (χ0) is 17.3. The van der Waals surface area contributed by atoms with Crippen molar-refractivity contribution in [3.05, 3.63) is 0 Å². The maximum atomic E-state index is 12.6. The van der Waals surface area contributed by atoms with Gasteiger partial charge < -0.3 is 5.32 Å². The van der Waals surface area contributed by atoms with Crippen molar-refractivity contribution in [1.82, 2.24) is 9.62 Å². The Morgan fingerprint density at radius 3 is 2.17 bits per heavy atom. The molecule has 0 aromatic carbocycles. The quantitative estimate of drug-likeness (QED) is 0.814. The standard InChI is InChI=1S/C16H31N3O3S/c1-16(2,3)13-6-4-5-7-14(13)18-15(20)12-8-10-19(11-9-12)23(17,21)22/h12-14H,4-11H2,1-3H3,(H,18,20)(H2,17,21,22)/t13-,14-/m1/s1. The highest BCUT2D eigenvalue weighted by atomic mass is 32.2. The Hall–Kier alpha value is -0.660. The monoisotopic (exact) mass is 345 g/mol. The summed E-state index contributed by atoms with van der Waals surface area (Å²) < 4.78 is 23.9. The second-order valence-electron chi connectivity index (χ2n) is 8.09. The lowest BCUT2D eigenvalue weighted by molar-refractivity contribution is -0.127. The highest BCUT2D eigenvalue weighted by molar-refractivity contribution is 7.86. The number of nitrogens with one attached hydrogen (secondary N) is 1. The average molecular weight is 346 g/mol. The van der Waals surface area contributed by atoms with Crippen LogP contribution in [-0.2, 0) is 15.0 Å². The summed E-state index contributed by atoms with van der Waals surface area (Å²) in [6.07, 6.45) is 5.72. The second kappa shape index (κ2) is 7.07. The molecule has 1 aliphatic heterocycles. The van der Waals surface area contributed by atoms with Crippen molar-refractivity contribution in [1.29, 1.82) is 0 Å². The van der Waals surface area contributed by atoms with E-state index in [9.17, 15) is 13.2 Å². The van der Waals surface area contributed by atoms with Crippen molar-refractivity contribution < 1.29 is 13.2 Å². The minimum Gasteiger partial charge on any atom is -0.353 e. The molecule has 2 fully saturated rings. The van der Waals surface area contributed by atoms with Gasteiger partial charge in [0.25, 0.3) is 10.2 Å². The van der Waals surface area contributed by atoms with Gasteiger partial charge in [-0.05, 0) is 37.0 Å². The van der Waals surface area contributed by atoms with E-state index in [-0.39, 0.29) is 23.3 Å². The van der Waals surface area contributed by atoms with Crippen molar-refractivity contribution in [2.45, 2.75) is 65.3 Å². The minimum absolute atomic E-state index is 0.0835. The fraction of sp³-hybridized carbons (Fsp3) is 0.938. The van der Waals surface area contributed by atoms with Gasteiger partial charge in [0.15, 0.2) is 0 Å². The molecule has 1 aliphatic carbocycles. The van der Waals surface area contributed by atoms with Gasteiger partial charge in [0, 0.05) is 25.0 Å². The topological polar surface area (TPSA) is 92.5 Å². The van der Waals surface area contributed by atoms with Gasteiger partial charge in [0.2, 0.25) is 5.91 Å². The Morgan fingerprint density at radius 2 is 1.65 bits per heavy atom. The van der Waals surface area contributed by atoms with E-state index >= 15 is 0 Å². The van der Waals surface area contributed by atoms with Gasteiger partial charge in [-0.2, -0.15) is 12.7 Å². The molecule has 0 radical (unpaired) electrons. The highest BCUT2D eigenvalue weighted by Gasteiger charge is 2.36. The normalized spacial score (nSPS) is 28.5. The van der Waals surface area contributed by atoms with Crippen LogP contribution in [0.25, 0.3) is 0 Å². The number of nitrogens with zero attached hydrogens (tertiary/aromatic N) is 1. The van der Waals surface area contributed by atoms with Crippen LogP contribution >= 0.6 is 0 Å². The van der Waals surface area contributed by atoms with Crippen LogP contribution in [0, 0.1) is 17.3 Å². The third-order valence-electron chi connectivity index (χ3n) is 5.39. The first kappa shape index (κ1) is 18.7. The van der Waals surface area contributed by atoms with Crippen LogP contribution in [-0.4, -0.2) is 37.8 Å². The molecule has 2 rings (SSSR count). The molecule has 2 atom stereocenters. The predicted molar refractivity (Wildman–Crippen MR) is 90.7 cm³/mol. The van der Waals surface area contributed by atoms with E-state index in [1.165, 1.54) is 17.1 Å². The molecule has 134 valence electrons. The van der Waals surface area contributed by atoms with Crippen LogP contribution in [0.2, 0.25) is 0 Å². The molecular weight excluding hydrogens is 314 g/mol. The second-order valence-corrected chi connectivity index (χ2v) is 9.64. The average Bonchev–Trinajstić information content (AvgIpc) is 2.46. The Morgan fingerprint density at radius 1 is 1.09 bits per heavy atom. The molecule has 0 spiro atoms. The summed E-state index contributed by atoms with van der Waals surface area (Å²) in [4.78, 5) is 12.6. The molecule has 6 nitrogen and oxygen atoms in total. The zero-order valence-electron chi connectivity index (χ0n) is 14.5. The summed E-state index contributed by atoms with van der Waals surface area (Å²) in [6.45, 7) is 7.40. The highest BCUT2D eigenvalue weighted by Crippen LogP contribution is 2.38. The van der Waals surface area contributed by atoms with E-state index in [1.54, 1.807) is 0 Å². The lowest BCUT2D eigenvalue weighted by Crippen LogP contribution is -2.50. The fourth-order valence-electron chi connectivity index (χ4n) is 4.01. The molecule has 1 amide bonds. The van der Waals surface area contributed by atoms with Crippen LogP contribution in [0.1, 0.15) is 59.3 Å². The van der Waals surface area contributed by atoms with Crippen molar-refractivity contribution in [2.24, 2.45) is 22.4 Å². The largest absolute Gasteiger partial charge is 0.353 e. The van der Waals surface area contributed by atoms with E-state index in [1.807, 2.05) is 0 Å². The number of nitrogens with two attached hydrogens (primary N) is 1. The van der Waals surface area contributed by atoms with E-state index in [0.717, 1.165) is 12.8 Å². The number of amides is 1. The number of rotatable bonds is 3. The van der Waals surface area contributed by atoms with Crippen LogP contribution in [0.5, 0.6) is 0 Å². The number of carbonyl (C=O) groups excluding carboxylic acids is 1. The van der Waals surface area contributed by atoms with Crippen molar-refractivity contribution >= 4 is 16.1 Å². The molecule has 2 aliphatic rings. The van der Waals surface area contributed by atoms with Gasteiger partial charge in [-0.1, -0.05) is 33.6 Å². The first-order valence-electron chi connectivity index (χ1n) is 8.67. The van der Waals surface area contributed by atoms with Crippen LogP contribution in [0.15, 0.2) is 0 Å². The molecule has 7 heteroatoms. The van der Waals surface area contributed by atoms with E-state index in [0.29, 0.717) is 31.8 Å². The first-order valence-corrected chi connectivity index (χ1v) is 10.2. The Bertz CT molecular complexity index is 519. The van der Waals surface area contributed by atoms with E-state index < -0.39 is 10.2 Å². The molecule has 3 N–H and O–H groups in total.